The largest absolute Gasteiger partial charge is 0.433 e. The third-order valence-electron chi connectivity index (χ3n) is 5.98. The van der Waals surface area contributed by atoms with E-state index >= 15 is 0 Å². The lowest BCUT2D eigenvalue weighted by atomic mass is 9.80. The first-order chi connectivity index (χ1) is 14.5. The fourth-order valence-electron chi connectivity index (χ4n) is 4.43. The van der Waals surface area contributed by atoms with Gasteiger partial charge in [0.2, 0.25) is 11.9 Å². The lowest BCUT2D eigenvalue weighted by Crippen LogP contribution is -2.50. The number of anilines is 3. The number of hydrogen-bond donors (Lipinski definition) is 2. The molecule has 11 heteroatoms. The van der Waals surface area contributed by atoms with E-state index in [1.54, 1.807) is 0 Å². The molecule has 2 aromatic heterocycles. The van der Waals surface area contributed by atoms with E-state index in [2.05, 4.69) is 25.7 Å². The Labute approximate surface area is 178 Å². The maximum absolute atomic E-state index is 13.0. The summed E-state index contributed by atoms with van der Waals surface area (Å²) in [4.78, 5) is 23.4. The summed E-state index contributed by atoms with van der Waals surface area (Å²) in [5, 5.41) is 10.0. The SMILES string of the molecule is Cc1nc(N[C@H]2C[C@@H](Cn3nccc3C(F)(F)F)C2)nc2c1NC(=O)C(C(C)C)N2C. The highest BCUT2D eigenvalue weighted by Gasteiger charge is 2.38. The molecule has 4 rings (SSSR count). The van der Waals surface area contributed by atoms with Gasteiger partial charge in [0.1, 0.15) is 17.4 Å². The number of carbonyl (C=O) groups excluding carboxylic acids is 1. The lowest BCUT2D eigenvalue weighted by molar-refractivity contribution is -0.144. The molecule has 8 nitrogen and oxygen atoms in total. The van der Waals surface area contributed by atoms with Crippen molar-refractivity contribution >= 4 is 23.4 Å². The molecule has 168 valence electrons. The fraction of sp³-hybridized carbons (Fsp3) is 0.600. The van der Waals surface area contributed by atoms with Crippen molar-refractivity contribution in [1.82, 2.24) is 19.7 Å². The van der Waals surface area contributed by atoms with Crippen LogP contribution in [-0.4, -0.2) is 44.8 Å². The quantitative estimate of drug-likeness (QED) is 0.746. The monoisotopic (exact) mass is 437 g/mol. The summed E-state index contributed by atoms with van der Waals surface area (Å²) in [6.07, 6.45) is -1.81. The fourth-order valence-corrected chi connectivity index (χ4v) is 4.43. The molecule has 1 fully saturated rings. The number of fused-ring (bicyclic) bond motifs is 1. The minimum atomic E-state index is -4.40. The molecule has 1 aliphatic heterocycles. The molecule has 2 aromatic rings. The Morgan fingerprint density at radius 2 is 2.00 bits per heavy atom. The highest BCUT2D eigenvalue weighted by molar-refractivity contribution is 6.03. The highest BCUT2D eigenvalue weighted by Crippen LogP contribution is 2.37. The van der Waals surface area contributed by atoms with E-state index in [0.717, 1.165) is 10.7 Å². The number of amides is 1. The Balaban J connectivity index is 1.42. The summed E-state index contributed by atoms with van der Waals surface area (Å²) < 4.78 is 40.1. The van der Waals surface area contributed by atoms with Gasteiger partial charge in [-0.1, -0.05) is 13.8 Å². The number of aryl methyl sites for hydroxylation is 1. The van der Waals surface area contributed by atoms with Crippen molar-refractivity contribution < 1.29 is 18.0 Å². The minimum Gasteiger partial charge on any atom is -0.351 e. The van der Waals surface area contributed by atoms with Gasteiger partial charge in [-0.15, -0.1) is 0 Å². The summed E-state index contributed by atoms with van der Waals surface area (Å²) in [5.74, 6) is 1.26. The standard InChI is InChI=1S/C20H26F3N7O/c1-10(2)16-18(31)27-15-11(3)25-19(28-17(15)29(16)4)26-13-7-12(8-13)9-30-14(5-6-24-30)20(21,22)23/h5-6,10,12-13,16H,7-9H2,1-4H3,(H,27,31)(H,25,26,28)/t12-,13+,16?. The van der Waals surface area contributed by atoms with Crippen molar-refractivity contribution in [3.05, 3.63) is 23.7 Å². The highest BCUT2D eigenvalue weighted by atomic mass is 19.4. The summed E-state index contributed by atoms with van der Waals surface area (Å²) in [5.41, 5.74) is 0.555. The molecule has 2 N–H and O–H groups in total. The second-order valence-corrected chi connectivity index (χ2v) is 8.70. The number of hydrogen-bond acceptors (Lipinski definition) is 6. The van der Waals surface area contributed by atoms with E-state index in [1.165, 1.54) is 6.20 Å². The van der Waals surface area contributed by atoms with Gasteiger partial charge in [-0.3, -0.25) is 9.48 Å². The van der Waals surface area contributed by atoms with Crippen LogP contribution in [0, 0.1) is 18.8 Å². The van der Waals surface area contributed by atoms with Crippen LogP contribution in [-0.2, 0) is 17.5 Å². The maximum atomic E-state index is 13.0. The lowest BCUT2D eigenvalue weighted by Gasteiger charge is -2.38. The van der Waals surface area contributed by atoms with Crippen molar-refractivity contribution in [2.24, 2.45) is 11.8 Å². The second-order valence-electron chi connectivity index (χ2n) is 8.70. The number of nitrogens with zero attached hydrogens (tertiary/aromatic N) is 5. The van der Waals surface area contributed by atoms with Gasteiger partial charge < -0.3 is 15.5 Å². The van der Waals surface area contributed by atoms with Crippen molar-refractivity contribution in [1.29, 1.82) is 0 Å². The zero-order valence-electron chi connectivity index (χ0n) is 17.9. The van der Waals surface area contributed by atoms with Gasteiger partial charge in [0, 0.05) is 25.8 Å². The molecule has 0 saturated heterocycles. The molecule has 3 heterocycles. The van der Waals surface area contributed by atoms with Crippen molar-refractivity contribution in [3.63, 3.8) is 0 Å². The summed E-state index contributed by atoms with van der Waals surface area (Å²) in [7, 11) is 1.85. The van der Waals surface area contributed by atoms with E-state index in [-0.39, 0.29) is 36.4 Å². The number of aromatic nitrogens is 4. The van der Waals surface area contributed by atoms with E-state index < -0.39 is 11.9 Å². The van der Waals surface area contributed by atoms with Crippen LogP contribution >= 0.6 is 0 Å². The third-order valence-corrected chi connectivity index (χ3v) is 5.98. The van der Waals surface area contributed by atoms with Crippen LogP contribution in [0.2, 0.25) is 0 Å². The van der Waals surface area contributed by atoms with Crippen molar-refractivity contribution in [2.75, 3.05) is 22.6 Å². The molecule has 1 aliphatic carbocycles. The minimum absolute atomic E-state index is 0.0731. The van der Waals surface area contributed by atoms with Crippen LogP contribution in [0.25, 0.3) is 0 Å². The molecule has 0 bridgehead atoms. The normalized spacial score (nSPS) is 23.4. The average Bonchev–Trinajstić information content (AvgIpc) is 3.09. The zero-order chi connectivity index (χ0) is 22.5. The van der Waals surface area contributed by atoms with Gasteiger partial charge in [-0.05, 0) is 37.7 Å². The molecule has 31 heavy (non-hydrogen) atoms. The molecule has 1 unspecified atom stereocenters. The molecular formula is C20H26F3N7O. The van der Waals surface area contributed by atoms with E-state index in [9.17, 15) is 18.0 Å². The summed E-state index contributed by atoms with van der Waals surface area (Å²) in [6.45, 7) is 6.01. The number of rotatable bonds is 5. The number of halogens is 3. The molecule has 0 aromatic carbocycles. The van der Waals surface area contributed by atoms with E-state index in [4.69, 9.17) is 0 Å². The third kappa shape index (κ3) is 4.05. The zero-order valence-corrected chi connectivity index (χ0v) is 17.9. The summed E-state index contributed by atoms with van der Waals surface area (Å²) in [6, 6.07) is 0.758. The molecule has 1 amide bonds. The predicted octanol–water partition coefficient (Wildman–Crippen LogP) is 3.30. The van der Waals surface area contributed by atoms with Crippen LogP contribution in [0.4, 0.5) is 30.6 Å². The number of alkyl halides is 3. The van der Waals surface area contributed by atoms with Crippen LogP contribution in [0.5, 0.6) is 0 Å². The van der Waals surface area contributed by atoms with Crippen LogP contribution in [0.3, 0.4) is 0 Å². The predicted molar refractivity (Wildman–Crippen MR) is 110 cm³/mol. The smallest absolute Gasteiger partial charge is 0.351 e. The van der Waals surface area contributed by atoms with Gasteiger partial charge >= 0.3 is 6.18 Å². The number of carbonyl (C=O) groups is 1. The van der Waals surface area contributed by atoms with Gasteiger partial charge in [0.25, 0.3) is 0 Å². The van der Waals surface area contributed by atoms with Crippen LogP contribution in [0.1, 0.15) is 38.1 Å². The molecule has 0 spiro atoms. The molecule has 0 radical (unpaired) electrons. The van der Waals surface area contributed by atoms with Crippen molar-refractivity contribution in [3.8, 4) is 0 Å². The second kappa shape index (κ2) is 7.69. The first-order valence-corrected chi connectivity index (χ1v) is 10.3. The van der Waals surface area contributed by atoms with Crippen LogP contribution < -0.4 is 15.5 Å². The Morgan fingerprint density at radius 3 is 2.65 bits per heavy atom. The Kier molecular flexibility index (Phi) is 5.30. The van der Waals surface area contributed by atoms with Gasteiger partial charge in [-0.25, -0.2) is 4.98 Å². The topological polar surface area (TPSA) is 88.0 Å². The van der Waals surface area contributed by atoms with Gasteiger partial charge in [0.05, 0.1) is 5.69 Å². The summed E-state index contributed by atoms with van der Waals surface area (Å²) >= 11 is 0. The molecule has 2 aliphatic rings. The van der Waals surface area contributed by atoms with E-state index in [1.807, 2.05) is 32.7 Å². The van der Waals surface area contributed by atoms with Crippen molar-refractivity contribution in [2.45, 2.75) is 58.4 Å². The number of likely N-dealkylation sites (N-methyl/N-ethyl adjacent to an activating group) is 1. The Bertz CT molecular complexity index is 982. The van der Waals surface area contributed by atoms with Gasteiger partial charge in [0.15, 0.2) is 5.82 Å². The number of nitrogens with one attached hydrogen (secondary N) is 2. The first kappa shape index (κ1) is 21.4. The average molecular weight is 437 g/mol. The Morgan fingerprint density at radius 1 is 1.29 bits per heavy atom. The maximum Gasteiger partial charge on any atom is 0.433 e. The molecule has 1 saturated carbocycles. The Hall–Kier alpha value is -2.85. The first-order valence-electron chi connectivity index (χ1n) is 10.3. The molecule has 1 atom stereocenters. The van der Waals surface area contributed by atoms with Crippen LogP contribution in [0.15, 0.2) is 12.3 Å². The van der Waals surface area contributed by atoms with Gasteiger partial charge in [-0.2, -0.15) is 23.3 Å². The molecular weight excluding hydrogens is 411 g/mol. The van der Waals surface area contributed by atoms with E-state index in [0.29, 0.717) is 36.0 Å².